The fraction of sp³-hybridized carbons (Fsp3) is 0. The molecular formula is C22H16N2O2S. The van der Waals surface area contributed by atoms with Crippen LogP contribution < -0.4 is 10.9 Å². The summed E-state index contributed by atoms with van der Waals surface area (Å²) in [7, 11) is 0. The van der Waals surface area contributed by atoms with Gasteiger partial charge in [-0.3, -0.25) is 9.36 Å². The van der Waals surface area contributed by atoms with Gasteiger partial charge in [0.1, 0.15) is 16.3 Å². The first kappa shape index (κ1) is 17.0. The lowest BCUT2D eigenvalue weighted by molar-refractivity contribution is 0.479. The molecule has 0 saturated carbocycles. The van der Waals surface area contributed by atoms with Crippen molar-refractivity contribution in [1.82, 2.24) is 4.57 Å². The highest BCUT2D eigenvalue weighted by Gasteiger charge is 2.20. The minimum atomic E-state index is -0.370. The van der Waals surface area contributed by atoms with Crippen LogP contribution in [0.4, 0.5) is 5.69 Å². The number of benzene rings is 3. The molecule has 0 amide bonds. The second kappa shape index (κ2) is 7.05. The van der Waals surface area contributed by atoms with Gasteiger partial charge in [-0.1, -0.05) is 60.7 Å². The normalized spacial score (nSPS) is 10.7. The predicted molar refractivity (Wildman–Crippen MR) is 113 cm³/mol. The van der Waals surface area contributed by atoms with E-state index in [1.54, 1.807) is 16.7 Å². The Kier molecular flexibility index (Phi) is 4.44. The Morgan fingerprint density at radius 3 is 2.15 bits per heavy atom. The second-order valence-corrected chi connectivity index (χ2v) is 6.45. The molecule has 27 heavy (non-hydrogen) atoms. The highest BCUT2D eigenvalue weighted by molar-refractivity contribution is 7.81. The van der Waals surface area contributed by atoms with Crippen molar-refractivity contribution in [2.75, 3.05) is 5.32 Å². The van der Waals surface area contributed by atoms with E-state index in [0.717, 1.165) is 5.69 Å². The topological polar surface area (TPSA) is 54.3 Å². The maximum absolute atomic E-state index is 13.3. The third-order valence-electron chi connectivity index (χ3n) is 4.33. The molecule has 0 fully saturated rings. The van der Waals surface area contributed by atoms with Crippen LogP contribution in [0, 0.1) is 0 Å². The summed E-state index contributed by atoms with van der Waals surface area (Å²) in [6.45, 7) is 0. The van der Waals surface area contributed by atoms with Crippen LogP contribution in [-0.2, 0) is 0 Å². The Hall–Kier alpha value is -3.44. The molecule has 3 aromatic carbocycles. The third-order valence-corrected chi connectivity index (χ3v) is 4.63. The average Bonchev–Trinajstić information content (AvgIpc) is 2.70. The molecule has 0 aliphatic heterocycles. The number of nitrogens with one attached hydrogen (secondary N) is 1. The number of aromatic hydroxyl groups is 1. The van der Waals surface area contributed by atoms with Crippen molar-refractivity contribution in [3.8, 4) is 11.4 Å². The summed E-state index contributed by atoms with van der Waals surface area (Å²) in [5.74, 6) is -0.115. The zero-order valence-corrected chi connectivity index (χ0v) is 15.1. The molecule has 4 rings (SSSR count). The number of nitrogens with zero attached hydrogens (tertiary/aromatic N) is 1. The van der Waals surface area contributed by atoms with Crippen LogP contribution in [0.5, 0.6) is 5.75 Å². The number of para-hydroxylation sites is 3. The number of anilines is 1. The average molecular weight is 372 g/mol. The number of pyridine rings is 1. The summed E-state index contributed by atoms with van der Waals surface area (Å²) in [6, 6.07) is 25.9. The van der Waals surface area contributed by atoms with Crippen molar-refractivity contribution in [1.29, 1.82) is 0 Å². The van der Waals surface area contributed by atoms with Crippen molar-refractivity contribution < 1.29 is 5.11 Å². The van der Waals surface area contributed by atoms with Gasteiger partial charge in [0.2, 0.25) is 0 Å². The van der Waals surface area contributed by atoms with Gasteiger partial charge in [-0.2, -0.15) is 0 Å². The highest BCUT2D eigenvalue weighted by atomic mass is 32.1. The van der Waals surface area contributed by atoms with E-state index in [4.69, 9.17) is 12.2 Å². The molecule has 0 bridgehead atoms. The molecule has 0 radical (unpaired) electrons. The Morgan fingerprint density at radius 1 is 0.852 bits per heavy atom. The fourth-order valence-electron chi connectivity index (χ4n) is 3.08. The molecule has 1 aromatic heterocycles. The van der Waals surface area contributed by atoms with Crippen molar-refractivity contribution >= 4 is 33.8 Å². The van der Waals surface area contributed by atoms with Gasteiger partial charge in [-0.05, 0) is 36.4 Å². The second-order valence-electron chi connectivity index (χ2n) is 6.04. The lowest BCUT2D eigenvalue weighted by Crippen LogP contribution is -2.28. The lowest BCUT2D eigenvalue weighted by Gasteiger charge is -2.16. The van der Waals surface area contributed by atoms with Gasteiger partial charge in [0.05, 0.1) is 5.52 Å². The van der Waals surface area contributed by atoms with Crippen molar-refractivity contribution in [3.05, 3.63) is 101 Å². The Balaban J connectivity index is 1.96. The van der Waals surface area contributed by atoms with E-state index in [-0.39, 0.29) is 21.9 Å². The Bertz CT molecular complexity index is 1190. The summed E-state index contributed by atoms with van der Waals surface area (Å²) in [5.41, 5.74) is 1.79. The summed E-state index contributed by atoms with van der Waals surface area (Å²) in [4.78, 5) is 13.5. The molecule has 0 spiro atoms. The molecule has 5 heteroatoms. The van der Waals surface area contributed by atoms with Crippen LogP contribution in [0.25, 0.3) is 16.6 Å². The maximum atomic E-state index is 13.3. The fourth-order valence-corrected chi connectivity index (χ4v) is 3.38. The zero-order chi connectivity index (χ0) is 18.8. The highest BCUT2D eigenvalue weighted by Crippen LogP contribution is 2.28. The number of thiocarbonyl (C=S) groups is 1. The van der Waals surface area contributed by atoms with E-state index in [1.807, 2.05) is 72.8 Å². The van der Waals surface area contributed by atoms with Crippen molar-refractivity contribution in [3.63, 3.8) is 0 Å². The minimum absolute atomic E-state index is 0.0800. The SMILES string of the molecule is O=c1c(C(=S)Nc2ccccc2)c(O)c2ccccc2n1-c1ccccc1. The van der Waals surface area contributed by atoms with Crippen LogP contribution in [0.2, 0.25) is 0 Å². The van der Waals surface area contributed by atoms with Crippen molar-refractivity contribution in [2.24, 2.45) is 0 Å². The Morgan fingerprint density at radius 2 is 1.44 bits per heavy atom. The molecule has 4 aromatic rings. The number of rotatable bonds is 3. The van der Waals surface area contributed by atoms with Crippen molar-refractivity contribution in [2.45, 2.75) is 0 Å². The first-order chi connectivity index (χ1) is 13.2. The van der Waals surface area contributed by atoms with E-state index in [1.165, 1.54) is 0 Å². The molecular weight excluding hydrogens is 356 g/mol. The number of hydrogen-bond acceptors (Lipinski definition) is 3. The number of hydrogen-bond donors (Lipinski definition) is 2. The maximum Gasteiger partial charge on any atom is 0.269 e. The lowest BCUT2D eigenvalue weighted by atomic mass is 10.1. The molecule has 2 N–H and O–H groups in total. The molecule has 0 unspecified atom stereocenters. The van der Waals surface area contributed by atoms with E-state index < -0.39 is 0 Å². The quantitative estimate of drug-likeness (QED) is 0.521. The van der Waals surface area contributed by atoms with E-state index >= 15 is 0 Å². The third kappa shape index (κ3) is 3.09. The molecule has 1 heterocycles. The van der Waals surface area contributed by atoms with Gasteiger partial charge < -0.3 is 10.4 Å². The molecule has 0 saturated heterocycles. The van der Waals surface area contributed by atoms with E-state index in [0.29, 0.717) is 16.6 Å². The molecule has 4 nitrogen and oxygen atoms in total. The largest absolute Gasteiger partial charge is 0.506 e. The molecule has 0 atom stereocenters. The first-order valence-corrected chi connectivity index (χ1v) is 8.86. The minimum Gasteiger partial charge on any atom is -0.506 e. The summed E-state index contributed by atoms with van der Waals surface area (Å²) in [6.07, 6.45) is 0. The van der Waals surface area contributed by atoms with E-state index in [2.05, 4.69) is 5.32 Å². The Labute approximate surface area is 161 Å². The summed E-state index contributed by atoms with van der Waals surface area (Å²) in [5, 5.41) is 14.4. The van der Waals surface area contributed by atoms with Gasteiger partial charge in [-0.15, -0.1) is 0 Å². The van der Waals surface area contributed by atoms with Gasteiger partial charge in [0.25, 0.3) is 5.56 Å². The smallest absolute Gasteiger partial charge is 0.269 e. The summed E-state index contributed by atoms with van der Waals surface area (Å²) >= 11 is 5.47. The van der Waals surface area contributed by atoms with Gasteiger partial charge in [-0.25, -0.2) is 0 Å². The van der Waals surface area contributed by atoms with Gasteiger partial charge >= 0.3 is 0 Å². The van der Waals surface area contributed by atoms with Gasteiger partial charge in [0.15, 0.2) is 0 Å². The van der Waals surface area contributed by atoms with Crippen LogP contribution in [0.3, 0.4) is 0 Å². The number of aromatic nitrogens is 1. The monoisotopic (exact) mass is 372 g/mol. The molecule has 132 valence electrons. The first-order valence-electron chi connectivity index (χ1n) is 8.45. The summed E-state index contributed by atoms with van der Waals surface area (Å²) < 4.78 is 1.57. The van der Waals surface area contributed by atoms with Crippen LogP contribution in [0.15, 0.2) is 89.7 Å². The zero-order valence-electron chi connectivity index (χ0n) is 14.3. The predicted octanol–water partition coefficient (Wildman–Crippen LogP) is 4.48. The van der Waals surface area contributed by atoms with Gasteiger partial charge in [0, 0.05) is 16.8 Å². The molecule has 0 aliphatic rings. The molecule has 0 aliphatic carbocycles. The van der Waals surface area contributed by atoms with Crippen LogP contribution in [0.1, 0.15) is 5.56 Å². The number of fused-ring (bicyclic) bond motifs is 1. The van der Waals surface area contributed by atoms with E-state index in [9.17, 15) is 9.90 Å². The standard InChI is InChI=1S/C22H16N2O2S/c25-20-17-13-7-8-14-18(17)24(16-11-5-2-6-12-16)22(26)19(20)21(27)23-15-9-3-1-4-10-15/h1-14,25H,(H,23,27). The van der Waals surface area contributed by atoms with Crippen LogP contribution >= 0.6 is 12.2 Å². The van der Waals surface area contributed by atoms with Crippen LogP contribution in [-0.4, -0.2) is 14.7 Å².